The van der Waals surface area contributed by atoms with Crippen molar-refractivity contribution >= 4 is 15.9 Å². The average molecular weight is 365 g/mol. The second-order valence-electron chi connectivity index (χ2n) is 7.61. The molecule has 138 valence electrons. The molecule has 1 aliphatic heterocycles. The molecule has 1 heterocycles. The minimum Gasteiger partial charge on any atom is -0.339 e. The summed E-state index contributed by atoms with van der Waals surface area (Å²) in [5.41, 5.74) is 0.543. The Kier molecular flexibility index (Phi) is 5.21. The van der Waals surface area contributed by atoms with Crippen LogP contribution in [0.2, 0.25) is 0 Å². The van der Waals surface area contributed by atoms with Crippen LogP contribution in [0.4, 0.5) is 0 Å². The number of amides is 1. The van der Waals surface area contributed by atoms with E-state index >= 15 is 0 Å². The molecule has 1 saturated carbocycles. The summed E-state index contributed by atoms with van der Waals surface area (Å²) < 4.78 is 27.1. The fraction of sp³-hybridized carbons (Fsp3) is 0.632. The molecule has 5 nitrogen and oxygen atoms in total. The van der Waals surface area contributed by atoms with Gasteiger partial charge in [-0.25, -0.2) is 8.42 Å². The van der Waals surface area contributed by atoms with E-state index in [1.165, 1.54) is 12.8 Å². The predicted molar refractivity (Wildman–Crippen MR) is 97.9 cm³/mol. The van der Waals surface area contributed by atoms with Gasteiger partial charge in [-0.15, -0.1) is 0 Å². The first-order chi connectivity index (χ1) is 11.8. The minimum atomic E-state index is -3.46. The normalized spacial score (nSPS) is 21.1. The van der Waals surface area contributed by atoms with Crippen molar-refractivity contribution in [2.24, 2.45) is 11.8 Å². The van der Waals surface area contributed by atoms with Crippen LogP contribution >= 0.6 is 0 Å². The molecule has 1 atom stereocenters. The van der Waals surface area contributed by atoms with E-state index in [-0.39, 0.29) is 16.8 Å². The molecule has 3 rings (SSSR count). The molecule has 0 spiro atoms. The van der Waals surface area contributed by atoms with Gasteiger partial charge in [-0.2, -0.15) is 4.31 Å². The molecule has 25 heavy (non-hydrogen) atoms. The van der Waals surface area contributed by atoms with Crippen LogP contribution in [-0.4, -0.2) is 49.7 Å². The van der Waals surface area contributed by atoms with Crippen molar-refractivity contribution in [3.8, 4) is 0 Å². The van der Waals surface area contributed by atoms with Gasteiger partial charge in [0.1, 0.15) is 0 Å². The first-order valence-corrected chi connectivity index (χ1v) is 10.6. The van der Waals surface area contributed by atoms with Gasteiger partial charge in [-0.1, -0.05) is 6.92 Å². The van der Waals surface area contributed by atoms with Crippen LogP contribution in [0.3, 0.4) is 0 Å². The predicted octanol–water partition coefficient (Wildman–Crippen LogP) is 2.98. The number of sulfonamides is 1. The summed E-state index contributed by atoms with van der Waals surface area (Å²) in [5, 5.41) is 0. The summed E-state index contributed by atoms with van der Waals surface area (Å²) in [4.78, 5) is 14.6. The van der Waals surface area contributed by atoms with Gasteiger partial charge in [0.2, 0.25) is 10.0 Å². The topological polar surface area (TPSA) is 57.7 Å². The highest BCUT2D eigenvalue weighted by atomic mass is 32.2. The third-order valence-electron chi connectivity index (χ3n) is 5.72. The number of benzene rings is 1. The average Bonchev–Trinajstić information content (AvgIpc) is 3.45. The molecule has 0 N–H and O–H groups in total. The molecule has 1 saturated heterocycles. The van der Waals surface area contributed by atoms with Crippen LogP contribution in [0, 0.1) is 11.8 Å². The van der Waals surface area contributed by atoms with Gasteiger partial charge in [0, 0.05) is 31.7 Å². The third-order valence-corrected chi connectivity index (χ3v) is 7.63. The van der Waals surface area contributed by atoms with E-state index in [9.17, 15) is 13.2 Å². The lowest BCUT2D eigenvalue weighted by molar-refractivity contribution is 0.0727. The Hall–Kier alpha value is -1.40. The standard InChI is InChI=1S/C19H28N2O3S/c1-14-10-12-21(13-11-14)25(23,24)18-8-6-17(7-9-18)19(22)20(3)15(2)16-4-5-16/h6-9,14-16H,4-5,10-13H2,1-3H3. The molecular formula is C19H28N2O3S. The minimum absolute atomic E-state index is 0.0462. The maximum atomic E-state index is 12.7. The highest BCUT2D eigenvalue weighted by molar-refractivity contribution is 7.89. The fourth-order valence-electron chi connectivity index (χ4n) is 3.43. The van der Waals surface area contributed by atoms with Crippen molar-refractivity contribution in [1.82, 2.24) is 9.21 Å². The fourth-order valence-corrected chi connectivity index (χ4v) is 4.90. The lowest BCUT2D eigenvalue weighted by atomic mass is 10.0. The van der Waals surface area contributed by atoms with Gasteiger partial charge in [-0.05, 0) is 68.7 Å². The Bertz CT molecular complexity index is 718. The zero-order valence-corrected chi connectivity index (χ0v) is 16.1. The lowest BCUT2D eigenvalue weighted by Gasteiger charge is -2.29. The first-order valence-electron chi connectivity index (χ1n) is 9.18. The Morgan fingerprint density at radius 3 is 2.20 bits per heavy atom. The molecule has 2 fully saturated rings. The second kappa shape index (κ2) is 7.08. The van der Waals surface area contributed by atoms with E-state index in [1.54, 1.807) is 33.5 Å². The van der Waals surface area contributed by atoms with Crippen LogP contribution in [-0.2, 0) is 10.0 Å². The van der Waals surface area contributed by atoms with Crippen LogP contribution in [0.25, 0.3) is 0 Å². The molecule has 1 aromatic carbocycles. The zero-order chi connectivity index (χ0) is 18.2. The lowest BCUT2D eigenvalue weighted by Crippen LogP contribution is -2.38. The van der Waals surface area contributed by atoms with Crippen molar-refractivity contribution in [1.29, 1.82) is 0 Å². The molecule has 0 bridgehead atoms. The van der Waals surface area contributed by atoms with Gasteiger partial charge in [0.15, 0.2) is 0 Å². The summed E-state index contributed by atoms with van der Waals surface area (Å²) in [6.07, 6.45) is 4.17. The van der Waals surface area contributed by atoms with Crippen LogP contribution < -0.4 is 0 Å². The van der Waals surface area contributed by atoms with Gasteiger partial charge >= 0.3 is 0 Å². The van der Waals surface area contributed by atoms with Gasteiger partial charge in [-0.3, -0.25) is 4.79 Å². The van der Waals surface area contributed by atoms with Crippen LogP contribution in [0.1, 0.15) is 49.9 Å². The SMILES string of the molecule is CC1CCN(S(=O)(=O)c2ccc(C(=O)N(C)C(C)C3CC3)cc2)CC1. The van der Waals surface area contributed by atoms with Crippen molar-refractivity contribution in [2.75, 3.05) is 20.1 Å². The van der Waals surface area contributed by atoms with Gasteiger partial charge < -0.3 is 4.90 Å². The molecular weight excluding hydrogens is 336 g/mol. The maximum Gasteiger partial charge on any atom is 0.253 e. The number of piperidine rings is 1. The summed E-state index contributed by atoms with van der Waals surface area (Å²) in [6, 6.07) is 6.63. The van der Waals surface area contributed by atoms with E-state index in [0.29, 0.717) is 30.5 Å². The Morgan fingerprint density at radius 1 is 1.12 bits per heavy atom. The Balaban J connectivity index is 1.72. The summed E-state index contributed by atoms with van der Waals surface area (Å²) in [5.74, 6) is 1.14. The van der Waals surface area contributed by atoms with Crippen molar-refractivity contribution in [3.05, 3.63) is 29.8 Å². The monoisotopic (exact) mass is 364 g/mol. The van der Waals surface area contributed by atoms with E-state index in [2.05, 4.69) is 13.8 Å². The van der Waals surface area contributed by atoms with E-state index < -0.39 is 10.0 Å². The van der Waals surface area contributed by atoms with E-state index in [1.807, 2.05) is 7.05 Å². The van der Waals surface area contributed by atoms with Crippen LogP contribution in [0.15, 0.2) is 29.2 Å². The smallest absolute Gasteiger partial charge is 0.253 e. The Labute approximate surface area is 151 Å². The number of hydrogen-bond donors (Lipinski definition) is 0. The summed E-state index contributed by atoms with van der Waals surface area (Å²) in [6.45, 7) is 5.38. The molecule has 6 heteroatoms. The number of carbonyl (C=O) groups is 1. The van der Waals surface area contributed by atoms with E-state index in [4.69, 9.17) is 0 Å². The number of rotatable bonds is 5. The highest BCUT2D eigenvalue weighted by Crippen LogP contribution is 2.35. The van der Waals surface area contributed by atoms with Crippen molar-refractivity contribution < 1.29 is 13.2 Å². The summed E-state index contributed by atoms with van der Waals surface area (Å²) in [7, 11) is -1.64. The van der Waals surface area contributed by atoms with Crippen LogP contribution in [0.5, 0.6) is 0 Å². The second-order valence-corrected chi connectivity index (χ2v) is 9.54. The maximum absolute atomic E-state index is 12.7. The zero-order valence-electron chi connectivity index (χ0n) is 15.3. The molecule has 0 radical (unpaired) electrons. The molecule has 2 aliphatic rings. The molecule has 1 aliphatic carbocycles. The number of hydrogen-bond acceptors (Lipinski definition) is 3. The third kappa shape index (κ3) is 3.90. The quantitative estimate of drug-likeness (QED) is 0.807. The largest absolute Gasteiger partial charge is 0.339 e. The number of carbonyl (C=O) groups excluding carboxylic acids is 1. The molecule has 1 aromatic rings. The molecule has 1 unspecified atom stereocenters. The van der Waals surface area contributed by atoms with E-state index in [0.717, 1.165) is 12.8 Å². The molecule has 0 aromatic heterocycles. The van der Waals surface area contributed by atoms with Crippen molar-refractivity contribution in [3.63, 3.8) is 0 Å². The highest BCUT2D eigenvalue weighted by Gasteiger charge is 2.33. The van der Waals surface area contributed by atoms with Gasteiger partial charge in [0.05, 0.1) is 4.90 Å². The molecule has 1 amide bonds. The van der Waals surface area contributed by atoms with Gasteiger partial charge in [0.25, 0.3) is 5.91 Å². The summed E-state index contributed by atoms with van der Waals surface area (Å²) >= 11 is 0. The first kappa shape index (κ1) is 18.4. The number of nitrogens with zero attached hydrogens (tertiary/aromatic N) is 2. The van der Waals surface area contributed by atoms with Crippen molar-refractivity contribution in [2.45, 2.75) is 50.5 Å². The Morgan fingerprint density at radius 2 is 1.68 bits per heavy atom.